The maximum atomic E-state index is 13.2. The number of amides is 1. The van der Waals surface area contributed by atoms with Crippen LogP contribution in [-0.2, 0) is 19.6 Å². The molecule has 5 heterocycles. The molecule has 2 aliphatic heterocycles. The second-order valence-corrected chi connectivity index (χ2v) is 8.41. The quantitative estimate of drug-likeness (QED) is 0.700. The number of pyridine rings is 1. The molecule has 8 heteroatoms. The highest BCUT2D eigenvalue weighted by Crippen LogP contribution is 2.35. The molecule has 1 N–H and O–H groups in total. The molecule has 0 radical (unpaired) electrons. The van der Waals surface area contributed by atoms with Crippen LogP contribution in [0.25, 0.3) is 0 Å². The van der Waals surface area contributed by atoms with Crippen LogP contribution in [0.3, 0.4) is 0 Å². The summed E-state index contributed by atoms with van der Waals surface area (Å²) in [5.41, 5.74) is 1.99. The van der Waals surface area contributed by atoms with Gasteiger partial charge in [0.2, 0.25) is 0 Å². The molecule has 2 bridgehead atoms. The average Bonchev–Trinajstić information content (AvgIpc) is 3.42. The Kier molecular flexibility index (Phi) is 4.78. The molecule has 0 spiro atoms. The van der Waals surface area contributed by atoms with Crippen molar-refractivity contribution in [3.63, 3.8) is 0 Å². The van der Waals surface area contributed by atoms with Gasteiger partial charge in [-0.1, -0.05) is 0 Å². The lowest BCUT2D eigenvalue weighted by Gasteiger charge is -2.42. The number of imidazole rings is 1. The first-order valence-corrected chi connectivity index (χ1v) is 10.3. The molecule has 8 nitrogen and oxygen atoms in total. The van der Waals surface area contributed by atoms with E-state index in [1.165, 1.54) is 0 Å². The van der Waals surface area contributed by atoms with Gasteiger partial charge in [0, 0.05) is 62.8 Å². The van der Waals surface area contributed by atoms with Crippen molar-refractivity contribution in [1.82, 2.24) is 24.3 Å². The van der Waals surface area contributed by atoms with E-state index in [2.05, 4.69) is 14.9 Å². The second-order valence-electron chi connectivity index (χ2n) is 8.41. The molecule has 0 aromatic carbocycles. The number of rotatable bonds is 5. The molecule has 0 saturated carbocycles. The molecular weight excluding hydrogens is 382 g/mol. The average molecular weight is 407 g/mol. The SMILES string of the molecule is CN(Cc1ccoc1)C(=O)c1ccc2n(c1=O)C[C@H]1C[C@@H]2CN(Cc2ncc[nH]2)C1. The van der Waals surface area contributed by atoms with E-state index in [4.69, 9.17) is 4.42 Å². The highest BCUT2D eigenvalue weighted by molar-refractivity contribution is 5.93. The molecule has 1 amide bonds. The molecule has 156 valence electrons. The Bertz CT molecular complexity index is 1090. The van der Waals surface area contributed by atoms with Crippen LogP contribution in [0.5, 0.6) is 0 Å². The van der Waals surface area contributed by atoms with Gasteiger partial charge in [0.05, 0.1) is 19.1 Å². The maximum Gasteiger partial charge on any atom is 0.263 e. The Hall–Kier alpha value is -3.13. The molecule has 1 fully saturated rings. The zero-order chi connectivity index (χ0) is 20.7. The molecular formula is C22H25N5O3. The van der Waals surface area contributed by atoms with Gasteiger partial charge in [-0.3, -0.25) is 14.5 Å². The Morgan fingerprint density at radius 1 is 1.30 bits per heavy atom. The second kappa shape index (κ2) is 7.60. The fraction of sp³-hybridized carbons (Fsp3) is 0.409. The summed E-state index contributed by atoms with van der Waals surface area (Å²) in [7, 11) is 1.71. The van der Waals surface area contributed by atoms with Crippen LogP contribution in [0.1, 0.15) is 39.8 Å². The number of H-pyrrole nitrogens is 1. The van der Waals surface area contributed by atoms with E-state index in [0.717, 1.165) is 43.1 Å². The van der Waals surface area contributed by atoms with Crippen molar-refractivity contribution >= 4 is 5.91 Å². The summed E-state index contributed by atoms with van der Waals surface area (Å²) in [6.45, 7) is 3.68. The number of aromatic nitrogens is 3. The van der Waals surface area contributed by atoms with Crippen LogP contribution in [0.15, 0.2) is 52.3 Å². The molecule has 3 aromatic rings. The summed E-state index contributed by atoms with van der Waals surface area (Å²) in [5, 5.41) is 0. The highest BCUT2D eigenvalue weighted by atomic mass is 16.3. The molecule has 3 aromatic heterocycles. The van der Waals surface area contributed by atoms with Crippen LogP contribution in [0.2, 0.25) is 0 Å². The molecule has 2 atom stereocenters. The number of hydrogen-bond donors (Lipinski definition) is 1. The number of hydrogen-bond acceptors (Lipinski definition) is 5. The fourth-order valence-electron chi connectivity index (χ4n) is 4.87. The first kappa shape index (κ1) is 18.9. The van der Waals surface area contributed by atoms with E-state index < -0.39 is 0 Å². The number of aromatic amines is 1. The van der Waals surface area contributed by atoms with E-state index in [9.17, 15) is 9.59 Å². The molecule has 1 saturated heterocycles. The first-order valence-electron chi connectivity index (χ1n) is 10.3. The first-order chi connectivity index (χ1) is 14.6. The third-order valence-electron chi connectivity index (χ3n) is 6.19. The van der Waals surface area contributed by atoms with Gasteiger partial charge in [-0.2, -0.15) is 0 Å². The Labute approximate surface area is 174 Å². The standard InChI is InChI=1S/C22H25N5O3/c1-25(9-15-4-7-30-14-15)21(28)18-2-3-19-17-8-16(11-27(19)22(18)29)10-26(12-17)13-20-23-5-6-24-20/h2-7,14,16-17H,8-13H2,1H3,(H,23,24)/t16-,17+/m0/s1. The number of nitrogens with zero attached hydrogens (tertiary/aromatic N) is 4. The van der Waals surface area contributed by atoms with Gasteiger partial charge in [-0.25, -0.2) is 4.98 Å². The lowest BCUT2D eigenvalue weighted by molar-refractivity contribution is 0.0779. The van der Waals surface area contributed by atoms with Crippen LogP contribution < -0.4 is 5.56 Å². The van der Waals surface area contributed by atoms with E-state index in [1.54, 1.807) is 36.7 Å². The minimum Gasteiger partial charge on any atom is -0.472 e. The summed E-state index contributed by atoms with van der Waals surface area (Å²) in [6.07, 6.45) is 7.89. The van der Waals surface area contributed by atoms with Crippen LogP contribution >= 0.6 is 0 Å². The summed E-state index contributed by atoms with van der Waals surface area (Å²) in [5.74, 6) is 1.41. The van der Waals surface area contributed by atoms with Gasteiger partial charge in [0.25, 0.3) is 11.5 Å². The summed E-state index contributed by atoms with van der Waals surface area (Å²) in [4.78, 5) is 37.6. The lowest BCUT2D eigenvalue weighted by Crippen LogP contribution is -2.47. The minimum atomic E-state index is -0.258. The predicted octanol–water partition coefficient (Wildman–Crippen LogP) is 2.06. The number of carbonyl (C=O) groups is 1. The summed E-state index contributed by atoms with van der Waals surface area (Å²) in [6, 6.07) is 5.49. The lowest BCUT2D eigenvalue weighted by atomic mass is 9.83. The van der Waals surface area contributed by atoms with Crippen molar-refractivity contribution in [3.8, 4) is 0 Å². The van der Waals surface area contributed by atoms with Crippen molar-refractivity contribution in [2.45, 2.75) is 32.0 Å². The zero-order valence-corrected chi connectivity index (χ0v) is 17.0. The zero-order valence-electron chi connectivity index (χ0n) is 17.0. The minimum absolute atomic E-state index is 0.175. The van der Waals surface area contributed by atoms with Gasteiger partial charge in [0.1, 0.15) is 11.4 Å². The van der Waals surface area contributed by atoms with Crippen molar-refractivity contribution in [2.75, 3.05) is 20.1 Å². The van der Waals surface area contributed by atoms with Crippen molar-refractivity contribution in [3.05, 3.63) is 76.1 Å². The fourth-order valence-corrected chi connectivity index (χ4v) is 4.87. The van der Waals surface area contributed by atoms with E-state index in [0.29, 0.717) is 24.9 Å². The number of furan rings is 1. The summed E-state index contributed by atoms with van der Waals surface area (Å²) >= 11 is 0. The van der Waals surface area contributed by atoms with Crippen LogP contribution in [0.4, 0.5) is 0 Å². The van der Waals surface area contributed by atoms with E-state index in [1.807, 2.05) is 22.9 Å². The molecule has 0 aliphatic carbocycles. The van der Waals surface area contributed by atoms with E-state index in [-0.39, 0.29) is 17.0 Å². The predicted molar refractivity (Wildman–Crippen MR) is 110 cm³/mol. The van der Waals surface area contributed by atoms with Gasteiger partial charge < -0.3 is 18.9 Å². The Morgan fingerprint density at radius 3 is 2.97 bits per heavy atom. The Balaban J connectivity index is 1.36. The third kappa shape index (κ3) is 3.47. The highest BCUT2D eigenvalue weighted by Gasteiger charge is 2.35. The number of carbonyl (C=O) groups excluding carboxylic acids is 1. The molecule has 30 heavy (non-hydrogen) atoms. The topological polar surface area (TPSA) is 87.4 Å². The van der Waals surface area contributed by atoms with Crippen molar-refractivity contribution < 1.29 is 9.21 Å². The smallest absolute Gasteiger partial charge is 0.263 e. The number of likely N-dealkylation sites (tertiary alicyclic amines) is 1. The monoisotopic (exact) mass is 407 g/mol. The van der Waals surface area contributed by atoms with Gasteiger partial charge >= 0.3 is 0 Å². The van der Waals surface area contributed by atoms with Crippen molar-refractivity contribution in [1.29, 1.82) is 0 Å². The van der Waals surface area contributed by atoms with E-state index >= 15 is 0 Å². The number of nitrogens with one attached hydrogen (secondary N) is 1. The normalized spacial score (nSPS) is 20.7. The van der Waals surface area contributed by atoms with Gasteiger partial charge in [-0.05, 0) is 30.5 Å². The van der Waals surface area contributed by atoms with Crippen LogP contribution in [-0.4, -0.2) is 50.4 Å². The Morgan fingerprint density at radius 2 is 2.20 bits per heavy atom. The molecule has 5 rings (SSSR count). The molecule has 0 unspecified atom stereocenters. The third-order valence-corrected chi connectivity index (χ3v) is 6.19. The van der Waals surface area contributed by atoms with Crippen LogP contribution in [0, 0.1) is 5.92 Å². The number of fused-ring (bicyclic) bond motifs is 4. The van der Waals surface area contributed by atoms with Crippen molar-refractivity contribution in [2.24, 2.45) is 5.92 Å². The number of piperidine rings is 1. The van der Waals surface area contributed by atoms with Gasteiger partial charge in [0.15, 0.2) is 0 Å². The maximum absolute atomic E-state index is 13.2. The largest absolute Gasteiger partial charge is 0.472 e. The van der Waals surface area contributed by atoms with Gasteiger partial charge in [-0.15, -0.1) is 0 Å². The molecule has 2 aliphatic rings. The summed E-state index contributed by atoms with van der Waals surface area (Å²) < 4.78 is 6.90.